The fraction of sp³-hybridized carbons (Fsp3) is 0.667. The molecule has 3 heteroatoms. The van der Waals surface area contributed by atoms with Crippen molar-refractivity contribution in [2.45, 2.75) is 0 Å². The summed E-state index contributed by atoms with van der Waals surface area (Å²) in [4.78, 5) is 0. The highest BCUT2D eigenvalue weighted by Crippen LogP contribution is 2.04. The number of hydrazone groups is 1. The van der Waals surface area contributed by atoms with E-state index in [0.717, 1.165) is 5.88 Å². The molecule has 0 aliphatic carbocycles. The molecule has 6 heavy (non-hydrogen) atoms. The van der Waals surface area contributed by atoms with E-state index in [0.29, 0.717) is 0 Å². The lowest BCUT2D eigenvalue weighted by molar-refractivity contribution is 0.431. The van der Waals surface area contributed by atoms with Gasteiger partial charge < -0.3 is 0 Å². The molecule has 1 rings (SSSR count). The molecule has 0 spiro atoms. The molecule has 1 heterocycles. The van der Waals surface area contributed by atoms with E-state index in [1.54, 1.807) is 11.8 Å². The Morgan fingerprint density at radius 2 is 2.83 bits per heavy atom. The van der Waals surface area contributed by atoms with Crippen molar-refractivity contribution in [3.05, 3.63) is 0 Å². The second kappa shape index (κ2) is 1.51. The summed E-state index contributed by atoms with van der Waals surface area (Å²) in [5.41, 5.74) is 1.85. The topological polar surface area (TPSA) is 15.6 Å². The average Bonchev–Trinajstić information content (AvgIpc) is 1.86. The number of nitrogens with zero attached hydrogens (tertiary/aromatic N) is 2. The molecular formula is C3H6N2S. The predicted molar refractivity (Wildman–Crippen MR) is 28.7 cm³/mol. The first kappa shape index (κ1) is 3.99. The van der Waals surface area contributed by atoms with Crippen LogP contribution in [0.2, 0.25) is 0 Å². The summed E-state index contributed by atoms with van der Waals surface area (Å²) in [5, 5.41) is 5.80. The van der Waals surface area contributed by atoms with Gasteiger partial charge in [-0.3, -0.25) is 5.01 Å². The smallest absolute Gasteiger partial charge is 0.0867 e. The lowest BCUT2D eigenvalue weighted by Gasteiger charge is -1.99. The van der Waals surface area contributed by atoms with Gasteiger partial charge >= 0.3 is 0 Å². The van der Waals surface area contributed by atoms with Gasteiger partial charge in [0.25, 0.3) is 0 Å². The molecule has 1 aliphatic heterocycles. The van der Waals surface area contributed by atoms with Crippen molar-refractivity contribution < 1.29 is 0 Å². The molecule has 0 amide bonds. The largest absolute Gasteiger partial charge is 0.289 e. The van der Waals surface area contributed by atoms with Crippen LogP contribution in [0.4, 0.5) is 0 Å². The van der Waals surface area contributed by atoms with Gasteiger partial charge in [-0.2, -0.15) is 5.10 Å². The first-order valence-electron chi connectivity index (χ1n) is 1.75. The van der Waals surface area contributed by atoms with Crippen molar-refractivity contribution in [2.24, 2.45) is 5.10 Å². The predicted octanol–water partition coefficient (Wildman–Crippen LogP) is 0.566. The average molecular weight is 102 g/mol. The van der Waals surface area contributed by atoms with Crippen molar-refractivity contribution in [1.29, 1.82) is 0 Å². The summed E-state index contributed by atoms with van der Waals surface area (Å²) in [6.07, 6.45) is 0. The van der Waals surface area contributed by atoms with Crippen LogP contribution in [0.25, 0.3) is 0 Å². The monoisotopic (exact) mass is 102 g/mol. The molecule has 0 saturated heterocycles. The van der Waals surface area contributed by atoms with Crippen LogP contribution in [0.15, 0.2) is 5.10 Å². The molecule has 34 valence electrons. The van der Waals surface area contributed by atoms with Crippen molar-refractivity contribution in [3.63, 3.8) is 0 Å². The van der Waals surface area contributed by atoms with Crippen LogP contribution in [-0.2, 0) is 0 Å². The van der Waals surface area contributed by atoms with Crippen molar-refractivity contribution in [2.75, 3.05) is 12.9 Å². The minimum absolute atomic E-state index is 1.01. The van der Waals surface area contributed by atoms with E-state index >= 15 is 0 Å². The molecule has 0 atom stereocenters. The minimum Gasteiger partial charge on any atom is -0.289 e. The molecule has 1 aliphatic rings. The third kappa shape index (κ3) is 0.653. The molecule has 0 aromatic carbocycles. The molecule has 0 aromatic rings. The van der Waals surface area contributed by atoms with E-state index in [-0.39, 0.29) is 0 Å². The minimum atomic E-state index is 1.01. The third-order valence-electron chi connectivity index (χ3n) is 0.580. The van der Waals surface area contributed by atoms with Gasteiger partial charge in [-0.15, -0.1) is 0 Å². The normalized spacial score (nSPS) is 19.8. The van der Waals surface area contributed by atoms with Crippen LogP contribution in [-0.4, -0.2) is 23.5 Å². The summed E-state index contributed by atoms with van der Waals surface area (Å²) in [6, 6.07) is 0. The van der Waals surface area contributed by atoms with E-state index < -0.39 is 0 Å². The van der Waals surface area contributed by atoms with Gasteiger partial charge in [-0.05, 0) is 0 Å². The van der Waals surface area contributed by atoms with Gasteiger partial charge in [0.1, 0.15) is 0 Å². The number of hydrogen-bond acceptors (Lipinski definition) is 3. The van der Waals surface area contributed by atoms with Crippen molar-refractivity contribution >= 4 is 17.3 Å². The van der Waals surface area contributed by atoms with Gasteiger partial charge in [0.2, 0.25) is 0 Å². The van der Waals surface area contributed by atoms with Crippen molar-refractivity contribution in [3.8, 4) is 0 Å². The Labute approximate surface area is 41.2 Å². The Morgan fingerprint density at radius 3 is 3.00 bits per heavy atom. The van der Waals surface area contributed by atoms with E-state index in [9.17, 15) is 0 Å². The van der Waals surface area contributed by atoms with Gasteiger partial charge in [-0.1, -0.05) is 11.8 Å². The summed E-state index contributed by atoms with van der Waals surface area (Å²) in [5.74, 6) is 1.01. The first-order chi connectivity index (χ1) is 2.89. The van der Waals surface area contributed by atoms with E-state index in [1.807, 2.05) is 17.6 Å². The van der Waals surface area contributed by atoms with Crippen LogP contribution in [0.1, 0.15) is 0 Å². The standard InChI is InChI=1S/C3H6N2S/c1-5-3-6-2-4-5/h2H,3H2,1H3. The van der Waals surface area contributed by atoms with Crippen LogP contribution < -0.4 is 0 Å². The summed E-state index contributed by atoms with van der Waals surface area (Å²) in [6.45, 7) is 0. The fourth-order valence-electron chi connectivity index (χ4n) is 0.288. The number of hydrogen-bond donors (Lipinski definition) is 0. The Kier molecular flexibility index (Phi) is 1.01. The van der Waals surface area contributed by atoms with Gasteiger partial charge in [0, 0.05) is 7.05 Å². The molecule has 0 saturated carbocycles. The van der Waals surface area contributed by atoms with Crippen LogP contribution in [0.5, 0.6) is 0 Å². The van der Waals surface area contributed by atoms with Crippen LogP contribution in [0.3, 0.4) is 0 Å². The lowest BCUT2D eigenvalue weighted by atomic mass is 11.2. The van der Waals surface area contributed by atoms with E-state index in [1.165, 1.54) is 0 Å². The Balaban J connectivity index is 2.38. The lowest BCUT2D eigenvalue weighted by Crippen LogP contribution is -2.02. The van der Waals surface area contributed by atoms with Gasteiger partial charge in [-0.25, -0.2) is 0 Å². The van der Waals surface area contributed by atoms with Crippen molar-refractivity contribution in [1.82, 2.24) is 5.01 Å². The molecule has 2 nitrogen and oxygen atoms in total. The number of rotatable bonds is 0. The fourth-order valence-corrected chi connectivity index (χ4v) is 0.865. The second-order valence-corrected chi connectivity index (χ2v) is 1.98. The summed E-state index contributed by atoms with van der Waals surface area (Å²) < 4.78 is 0. The SMILES string of the molecule is CN1CSC=N1. The Hall–Kier alpha value is -0.180. The zero-order chi connectivity index (χ0) is 4.41. The summed E-state index contributed by atoms with van der Waals surface area (Å²) >= 11 is 1.72. The molecular weight excluding hydrogens is 96.1 g/mol. The summed E-state index contributed by atoms with van der Waals surface area (Å²) in [7, 11) is 1.95. The molecule has 0 N–H and O–H groups in total. The third-order valence-corrected chi connectivity index (χ3v) is 1.35. The van der Waals surface area contributed by atoms with E-state index in [4.69, 9.17) is 0 Å². The highest BCUT2D eigenvalue weighted by Gasteiger charge is 1.95. The zero-order valence-corrected chi connectivity index (χ0v) is 4.40. The highest BCUT2D eigenvalue weighted by molar-refractivity contribution is 8.12. The second-order valence-electron chi connectivity index (χ2n) is 1.17. The number of thioether (sulfide) groups is 1. The quantitative estimate of drug-likeness (QED) is 0.444. The van der Waals surface area contributed by atoms with Crippen LogP contribution >= 0.6 is 11.8 Å². The molecule has 0 bridgehead atoms. The Morgan fingerprint density at radius 1 is 2.00 bits per heavy atom. The van der Waals surface area contributed by atoms with Crippen LogP contribution in [0, 0.1) is 0 Å². The zero-order valence-electron chi connectivity index (χ0n) is 3.59. The first-order valence-corrected chi connectivity index (χ1v) is 2.79. The Bertz CT molecular complexity index is 71.2. The molecule has 0 aromatic heterocycles. The van der Waals surface area contributed by atoms with Gasteiger partial charge in [0.15, 0.2) is 0 Å². The van der Waals surface area contributed by atoms with Gasteiger partial charge in [0.05, 0.1) is 11.4 Å². The van der Waals surface area contributed by atoms with E-state index in [2.05, 4.69) is 5.10 Å². The maximum absolute atomic E-state index is 3.91. The molecule has 0 unspecified atom stereocenters. The molecule has 0 radical (unpaired) electrons. The maximum Gasteiger partial charge on any atom is 0.0867 e. The molecule has 0 fully saturated rings. The highest BCUT2D eigenvalue weighted by atomic mass is 32.2. The maximum atomic E-state index is 3.91.